The first-order valence-electron chi connectivity index (χ1n) is 5.69. The summed E-state index contributed by atoms with van der Waals surface area (Å²) in [5.41, 5.74) is 1.43. The van der Waals surface area contributed by atoms with Crippen LogP contribution in [0, 0.1) is 5.41 Å². The van der Waals surface area contributed by atoms with Crippen LogP contribution in [0.5, 0.6) is 5.75 Å². The van der Waals surface area contributed by atoms with E-state index in [0.717, 1.165) is 24.5 Å². The van der Waals surface area contributed by atoms with Crippen LogP contribution in [0.4, 0.5) is 0 Å². The quantitative estimate of drug-likeness (QED) is 0.766. The summed E-state index contributed by atoms with van der Waals surface area (Å²) in [6, 6.07) is 7.86. The van der Waals surface area contributed by atoms with Gasteiger partial charge in [-0.3, -0.25) is 0 Å². The third-order valence-electron chi connectivity index (χ3n) is 3.43. The van der Waals surface area contributed by atoms with E-state index in [1.807, 2.05) is 24.3 Å². The van der Waals surface area contributed by atoms with Crippen LogP contribution in [0.2, 0.25) is 0 Å². The predicted octanol–water partition coefficient (Wildman–Crippen LogP) is 2.52. The van der Waals surface area contributed by atoms with Crippen molar-refractivity contribution in [2.45, 2.75) is 19.1 Å². The van der Waals surface area contributed by atoms with Gasteiger partial charge in [-0.25, -0.2) is 0 Å². The summed E-state index contributed by atoms with van der Waals surface area (Å²) < 4.78 is 16.6. The Bertz CT molecular complexity index is 357. The van der Waals surface area contributed by atoms with Crippen molar-refractivity contribution < 1.29 is 14.2 Å². The Morgan fingerprint density at radius 2 is 1.75 bits per heavy atom. The first-order chi connectivity index (χ1) is 7.81. The standard InChI is InChI=1S/C13H16O3/c1-14-11-4-2-10(3-5-11)12-15-8-13(6-7-13)9-16-12/h2-5,12H,6-9H2,1H3. The van der Waals surface area contributed by atoms with E-state index < -0.39 is 0 Å². The third kappa shape index (κ3) is 1.81. The average molecular weight is 220 g/mol. The van der Waals surface area contributed by atoms with E-state index in [9.17, 15) is 0 Å². The topological polar surface area (TPSA) is 27.7 Å². The highest BCUT2D eigenvalue weighted by Crippen LogP contribution is 2.50. The zero-order chi connectivity index (χ0) is 11.0. The lowest BCUT2D eigenvalue weighted by Crippen LogP contribution is -2.28. The smallest absolute Gasteiger partial charge is 0.183 e. The lowest BCUT2D eigenvalue weighted by molar-refractivity contribution is -0.212. The molecule has 0 radical (unpaired) electrons. The second-order valence-corrected chi connectivity index (χ2v) is 4.73. The molecular formula is C13H16O3. The first kappa shape index (κ1) is 10.1. The number of benzene rings is 1. The van der Waals surface area contributed by atoms with Crippen LogP contribution in [-0.4, -0.2) is 20.3 Å². The van der Waals surface area contributed by atoms with Gasteiger partial charge in [0, 0.05) is 11.0 Å². The fourth-order valence-electron chi connectivity index (χ4n) is 2.01. The predicted molar refractivity (Wildman–Crippen MR) is 59.3 cm³/mol. The maximum absolute atomic E-state index is 5.75. The van der Waals surface area contributed by atoms with Gasteiger partial charge in [0.15, 0.2) is 6.29 Å². The molecular weight excluding hydrogens is 204 g/mol. The number of ether oxygens (including phenoxy) is 3. The molecule has 86 valence electrons. The van der Waals surface area contributed by atoms with Crippen molar-refractivity contribution in [3.05, 3.63) is 29.8 Å². The van der Waals surface area contributed by atoms with Crippen molar-refractivity contribution in [3.63, 3.8) is 0 Å². The van der Waals surface area contributed by atoms with Gasteiger partial charge < -0.3 is 14.2 Å². The van der Waals surface area contributed by atoms with Crippen molar-refractivity contribution >= 4 is 0 Å². The molecule has 1 heterocycles. The van der Waals surface area contributed by atoms with Crippen LogP contribution < -0.4 is 4.74 Å². The van der Waals surface area contributed by atoms with E-state index in [1.54, 1.807) is 7.11 Å². The van der Waals surface area contributed by atoms with Gasteiger partial charge >= 0.3 is 0 Å². The Hall–Kier alpha value is -1.06. The largest absolute Gasteiger partial charge is 0.497 e. The maximum atomic E-state index is 5.75. The lowest BCUT2D eigenvalue weighted by Gasteiger charge is -2.29. The minimum absolute atomic E-state index is 0.197. The molecule has 0 N–H and O–H groups in total. The van der Waals surface area contributed by atoms with Crippen LogP contribution in [0.25, 0.3) is 0 Å². The Kier molecular flexibility index (Phi) is 2.37. The first-order valence-corrected chi connectivity index (χ1v) is 5.69. The van der Waals surface area contributed by atoms with Crippen LogP contribution in [0.3, 0.4) is 0 Å². The van der Waals surface area contributed by atoms with Gasteiger partial charge in [-0.05, 0) is 25.0 Å². The molecule has 1 aliphatic carbocycles. The van der Waals surface area contributed by atoms with Crippen LogP contribution >= 0.6 is 0 Å². The summed E-state index contributed by atoms with van der Waals surface area (Å²) in [5.74, 6) is 0.859. The minimum atomic E-state index is -0.197. The Morgan fingerprint density at radius 1 is 1.12 bits per heavy atom. The summed E-state index contributed by atoms with van der Waals surface area (Å²) in [4.78, 5) is 0. The molecule has 1 spiro atoms. The molecule has 2 aliphatic rings. The normalized spacial score (nSPS) is 23.3. The van der Waals surface area contributed by atoms with Crippen LogP contribution in [-0.2, 0) is 9.47 Å². The highest BCUT2D eigenvalue weighted by atomic mass is 16.7. The van der Waals surface area contributed by atoms with E-state index in [4.69, 9.17) is 14.2 Å². The Labute approximate surface area is 95.3 Å². The molecule has 0 unspecified atom stereocenters. The van der Waals surface area contributed by atoms with Crippen molar-refractivity contribution in [3.8, 4) is 5.75 Å². The van der Waals surface area contributed by atoms with E-state index >= 15 is 0 Å². The van der Waals surface area contributed by atoms with Crippen LogP contribution in [0.15, 0.2) is 24.3 Å². The van der Waals surface area contributed by atoms with E-state index in [2.05, 4.69) is 0 Å². The molecule has 1 aromatic carbocycles. The number of rotatable bonds is 2. The monoisotopic (exact) mass is 220 g/mol. The summed E-state index contributed by atoms with van der Waals surface area (Å²) >= 11 is 0. The van der Waals surface area contributed by atoms with Crippen molar-refractivity contribution in [2.24, 2.45) is 5.41 Å². The van der Waals surface area contributed by atoms with Crippen molar-refractivity contribution in [1.29, 1.82) is 0 Å². The van der Waals surface area contributed by atoms with Gasteiger partial charge in [-0.1, -0.05) is 12.1 Å². The fraction of sp³-hybridized carbons (Fsp3) is 0.538. The zero-order valence-electron chi connectivity index (χ0n) is 9.44. The average Bonchev–Trinajstić information content (AvgIpc) is 3.10. The lowest BCUT2D eigenvalue weighted by atomic mass is 10.1. The molecule has 3 nitrogen and oxygen atoms in total. The van der Waals surface area contributed by atoms with Crippen molar-refractivity contribution in [2.75, 3.05) is 20.3 Å². The molecule has 1 saturated heterocycles. The highest BCUT2D eigenvalue weighted by Gasteiger charge is 2.47. The molecule has 1 aromatic rings. The second kappa shape index (κ2) is 3.75. The van der Waals surface area contributed by atoms with Gasteiger partial charge in [-0.2, -0.15) is 0 Å². The number of hydrogen-bond donors (Lipinski definition) is 0. The van der Waals surface area contributed by atoms with Crippen molar-refractivity contribution in [1.82, 2.24) is 0 Å². The van der Waals surface area contributed by atoms with E-state index in [0.29, 0.717) is 5.41 Å². The number of methoxy groups -OCH3 is 1. The number of hydrogen-bond acceptors (Lipinski definition) is 3. The molecule has 3 heteroatoms. The molecule has 16 heavy (non-hydrogen) atoms. The minimum Gasteiger partial charge on any atom is -0.497 e. The van der Waals surface area contributed by atoms with Gasteiger partial charge in [-0.15, -0.1) is 0 Å². The van der Waals surface area contributed by atoms with Crippen LogP contribution in [0.1, 0.15) is 24.7 Å². The van der Waals surface area contributed by atoms with E-state index in [1.165, 1.54) is 12.8 Å². The molecule has 1 aliphatic heterocycles. The summed E-state index contributed by atoms with van der Waals surface area (Å²) in [6.45, 7) is 1.67. The molecule has 0 aromatic heterocycles. The molecule has 3 rings (SSSR count). The molecule has 0 atom stereocenters. The Morgan fingerprint density at radius 3 is 2.25 bits per heavy atom. The Balaban J connectivity index is 1.67. The molecule has 0 bridgehead atoms. The second-order valence-electron chi connectivity index (χ2n) is 4.73. The van der Waals surface area contributed by atoms with Gasteiger partial charge in [0.25, 0.3) is 0 Å². The fourth-order valence-corrected chi connectivity index (χ4v) is 2.01. The highest BCUT2D eigenvalue weighted by molar-refractivity contribution is 5.28. The summed E-state index contributed by atoms with van der Waals surface area (Å²) in [7, 11) is 1.67. The SMILES string of the molecule is COc1ccc(C2OCC3(CC3)CO2)cc1. The third-order valence-corrected chi connectivity index (χ3v) is 3.43. The summed E-state index contributed by atoms with van der Waals surface area (Å²) in [6.07, 6.45) is 2.31. The maximum Gasteiger partial charge on any atom is 0.183 e. The molecule has 0 amide bonds. The zero-order valence-corrected chi connectivity index (χ0v) is 9.44. The molecule has 1 saturated carbocycles. The summed E-state index contributed by atoms with van der Waals surface area (Å²) in [5, 5.41) is 0. The van der Waals surface area contributed by atoms with Gasteiger partial charge in [0.05, 0.1) is 20.3 Å². The van der Waals surface area contributed by atoms with Gasteiger partial charge in [0.1, 0.15) is 5.75 Å². The molecule has 2 fully saturated rings. The van der Waals surface area contributed by atoms with E-state index in [-0.39, 0.29) is 6.29 Å². The van der Waals surface area contributed by atoms with Gasteiger partial charge in [0.2, 0.25) is 0 Å².